The Morgan fingerprint density at radius 1 is 1.41 bits per heavy atom. The van der Waals surface area contributed by atoms with Crippen LogP contribution in [-0.4, -0.2) is 31.1 Å². The number of anilines is 2. The predicted octanol–water partition coefficient (Wildman–Crippen LogP) is 2.72. The Kier molecular flexibility index (Phi) is 5.29. The van der Waals surface area contributed by atoms with Crippen LogP contribution >= 0.6 is 0 Å². The van der Waals surface area contributed by atoms with Gasteiger partial charge in [0.05, 0.1) is 11.4 Å². The molecule has 0 spiro atoms. The first kappa shape index (κ1) is 13.8. The number of nitrogens with two attached hydrogens (primary N) is 1. The van der Waals surface area contributed by atoms with E-state index in [-0.39, 0.29) is 0 Å². The molecule has 0 radical (unpaired) electrons. The summed E-state index contributed by atoms with van der Waals surface area (Å²) in [6.07, 6.45) is 1.18. The molecule has 0 fully saturated rings. The molecule has 0 aliphatic heterocycles. The fourth-order valence-corrected chi connectivity index (χ4v) is 1.82. The third kappa shape index (κ3) is 3.93. The van der Waals surface area contributed by atoms with Gasteiger partial charge in [0.2, 0.25) is 0 Å². The van der Waals surface area contributed by atoms with E-state index in [2.05, 4.69) is 44.1 Å². The highest BCUT2D eigenvalue weighted by molar-refractivity contribution is 5.69. The summed E-state index contributed by atoms with van der Waals surface area (Å²) in [6.45, 7) is 8.51. The monoisotopic (exact) mass is 235 g/mol. The first-order valence-corrected chi connectivity index (χ1v) is 6.35. The molecule has 1 unspecified atom stereocenters. The molecule has 0 bridgehead atoms. The topological polar surface area (TPSA) is 41.3 Å². The lowest BCUT2D eigenvalue weighted by Gasteiger charge is -2.24. The molecule has 1 aromatic rings. The third-order valence-electron chi connectivity index (χ3n) is 3.41. The first-order valence-electron chi connectivity index (χ1n) is 6.35. The quantitative estimate of drug-likeness (QED) is 0.745. The Balaban J connectivity index is 2.46. The maximum absolute atomic E-state index is 5.95. The van der Waals surface area contributed by atoms with Crippen LogP contribution in [0.15, 0.2) is 18.2 Å². The molecule has 96 valence electrons. The highest BCUT2D eigenvalue weighted by Gasteiger charge is 2.06. The molecule has 1 aromatic carbocycles. The van der Waals surface area contributed by atoms with Crippen LogP contribution in [0.5, 0.6) is 0 Å². The predicted molar refractivity (Wildman–Crippen MR) is 76.5 cm³/mol. The van der Waals surface area contributed by atoms with Crippen molar-refractivity contribution in [2.75, 3.05) is 31.2 Å². The van der Waals surface area contributed by atoms with E-state index in [0.717, 1.165) is 24.5 Å². The first-order chi connectivity index (χ1) is 8.06. The van der Waals surface area contributed by atoms with Crippen LogP contribution in [0.1, 0.15) is 25.8 Å². The van der Waals surface area contributed by atoms with Crippen molar-refractivity contribution in [3.05, 3.63) is 23.8 Å². The van der Waals surface area contributed by atoms with Crippen LogP contribution in [0.4, 0.5) is 11.4 Å². The fraction of sp³-hybridized carbons (Fsp3) is 0.571. The maximum Gasteiger partial charge on any atom is 0.0604 e. The number of para-hydroxylation sites is 1. The van der Waals surface area contributed by atoms with Crippen LogP contribution < -0.4 is 11.1 Å². The SMILES string of the molecule is CCC(C)N(C)CCNc1c(C)cccc1N. The molecule has 0 saturated heterocycles. The van der Waals surface area contributed by atoms with Gasteiger partial charge in [-0.2, -0.15) is 0 Å². The molecule has 3 nitrogen and oxygen atoms in total. The van der Waals surface area contributed by atoms with Gasteiger partial charge >= 0.3 is 0 Å². The van der Waals surface area contributed by atoms with E-state index in [1.54, 1.807) is 0 Å². The minimum Gasteiger partial charge on any atom is -0.397 e. The van der Waals surface area contributed by atoms with Crippen molar-refractivity contribution >= 4 is 11.4 Å². The maximum atomic E-state index is 5.95. The normalized spacial score (nSPS) is 12.8. The van der Waals surface area contributed by atoms with Gasteiger partial charge in [-0.3, -0.25) is 0 Å². The van der Waals surface area contributed by atoms with E-state index in [9.17, 15) is 0 Å². The molecular weight excluding hydrogens is 210 g/mol. The molecule has 0 amide bonds. The van der Waals surface area contributed by atoms with Crippen molar-refractivity contribution in [2.24, 2.45) is 0 Å². The summed E-state index contributed by atoms with van der Waals surface area (Å²) in [5.41, 5.74) is 9.06. The Bertz CT molecular complexity index is 329. The summed E-state index contributed by atoms with van der Waals surface area (Å²) >= 11 is 0. The van der Waals surface area contributed by atoms with Crippen molar-refractivity contribution in [1.82, 2.24) is 4.90 Å². The lowest BCUT2D eigenvalue weighted by molar-refractivity contribution is 0.261. The molecule has 3 heteroatoms. The second-order valence-corrected chi connectivity index (χ2v) is 4.70. The molecule has 0 aliphatic rings. The van der Waals surface area contributed by atoms with Crippen LogP contribution in [0.3, 0.4) is 0 Å². The van der Waals surface area contributed by atoms with Gasteiger partial charge in [0.15, 0.2) is 0 Å². The van der Waals surface area contributed by atoms with Crippen LogP contribution in [0, 0.1) is 6.92 Å². The summed E-state index contributed by atoms with van der Waals surface area (Å²) in [5, 5.41) is 3.42. The zero-order chi connectivity index (χ0) is 12.8. The fourth-order valence-electron chi connectivity index (χ4n) is 1.82. The number of nitrogens with one attached hydrogen (secondary N) is 1. The summed E-state index contributed by atoms with van der Waals surface area (Å²) in [6, 6.07) is 6.64. The molecule has 0 aromatic heterocycles. The number of aryl methyl sites for hydroxylation is 1. The Labute approximate surface area is 105 Å². The standard InChI is InChI=1S/C14H25N3/c1-5-12(3)17(4)10-9-16-14-11(2)7-6-8-13(14)15/h6-8,12,16H,5,9-10,15H2,1-4H3. The lowest BCUT2D eigenvalue weighted by atomic mass is 10.1. The van der Waals surface area contributed by atoms with E-state index >= 15 is 0 Å². The molecule has 1 atom stereocenters. The molecule has 3 N–H and O–H groups in total. The van der Waals surface area contributed by atoms with Gasteiger partial charge in [-0.15, -0.1) is 0 Å². The van der Waals surface area contributed by atoms with Crippen molar-refractivity contribution in [3.63, 3.8) is 0 Å². The van der Waals surface area contributed by atoms with Crippen LogP contribution in [0.25, 0.3) is 0 Å². The number of hydrogen-bond donors (Lipinski definition) is 2. The molecule has 0 heterocycles. The van der Waals surface area contributed by atoms with Gasteiger partial charge < -0.3 is 16.0 Å². The zero-order valence-corrected chi connectivity index (χ0v) is 11.5. The number of hydrogen-bond acceptors (Lipinski definition) is 3. The van der Waals surface area contributed by atoms with Gasteiger partial charge in [0.25, 0.3) is 0 Å². The van der Waals surface area contributed by atoms with Crippen LogP contribution in [0.2, 0.25) is 0 Å². The summed E-state index contributed by atoms with van der Waals surface area (Å²) in [7, 11) is 2.16. The number of benzene rings is 1. The largest absolute Gasteiger partial charge is 0.397 e. The van der Waals surface area contributed by atoms with Gasteiger partial charge in [-0.05, 0) is 38.9 Å². The minimum atomic E-state index is 0.631. The second-order valence-electron chi connectivity index (χ2n) is 4.70. The zero-order valence-electron chi connectivity index (χ0n) is 11.5. The minimum absolute atomic E-state index is 0.631. The van der Waals surface area contributed by atoms with E-state index in [4.69, 9.17) is 5.73 Å². The third-order valence-corrected chi connectivity index (χ3v) is 3.41. The van der Waals surface area contributed by atoms with Gasteiger partial charge in [-0.1, -0.05) is 19.1 Å². The summed E-state index contributed by atoms with van der Waals surface area (Å²) in [5.74, 6) is 0. The highest BCUT2D eigenvalue weighted by atomic mass is 15.1. The highest BCUT2D eigenvalue weighted by Crippen LogP contribution is 2.21. The van der Waals surface area contributed by atoms with Crippen molar-refractivity contribution < 1.29 is 0 Å². The molecule has 17 heavy (non-hydrogen) atoms. The average molecular weight is 235 g/mol. The smallest absolute Gasteiger partial charge is 0.0604 e. The number of likely N-dealkylation sites (N-methyl/N-ethyl adjacent to an activating group) is 1. The Hall–Kier alpha value is -1.22. The number of rotatable bonds is 6. The lowest BCUT2D eigenvalue weighted by Crippen LogP contribution is -2.32. The number of nitrogen functional groups attached to an aromatic ring is 1. The summed E-state index contributed by atoms with van der Waals surface area (Å²) in [4.78, 5) is 2.36. The van der Waals surface area contributed by atoms with E-state index in [0.29, 0.717) is 6.04 Å². The van der Waals surface area contributed by atoms with Crippen molar-refractivity contribution in [2.45, 2.75) is 33.2 Å². The van der Waals surface area contributed by atoms with Gasteiger partial charge in [0.1, 0.15) is 0 Å². The molecule has 1 rings (SSSR count). The molecule has 0 saturated carbocycles. The summed E-state index contributed by atoms with van der Waals surface area (Å²) < 4.78 is 0. The average Bonchev–Trinajstić information content (AvgIpc) is 2.31. The molecule has 0 aliphatic carbocycles. The Morgan fingerprint density at radius 2 is 2.12 bits per heavy atom. The van der Waals surface area contributed by atoms with E-state index in [1.165, 1.54) is 12.0 Å². The molecular formula is C14H25N3. The van der Waals surface area contributed by atoms with Gasteiger partial charge in [0, 0.05) is 19.1 Å². The van der Waals surface area contributed by atoms with Crippen LogP contribution in [-0.2, 0) is 0 Å². The van der Waals surface area contributed by atoms with Gasteiger partial charge in [-0.25, -0.2) is 0 Å². The van der Waals surface area contributed by atoms with Crippen molar-refractivity contribution in [1.29, 1.82) is 0 Å². The Morgan fingerprint density at radius 3 is 2.71 bits per heavy atom. The van der Waals surface area contributed by atoms with E-state index < -0.39 is 0 Å². The number of nitrogens with zero attached hydrogens (tertiary/aromatic N) is 1. The van der Waals surface area contributed by atoms with Crippen molar-refractivity contribution in [3.8, 4) is 0 Å². The van der Waals surface area contributed by atoms with E-state index in [1.807, 2.05) is 12.1 Å². The second kappa shape index (κ2) is 6.50.